The molecule has 0 spiro atoms. The Balaban J connectivity index is 0.00000364. The Morgan fingerprint density at radius 1 is 1.44 bits per heavy atom. The van der Waals surface area contributed by atoms with Crippen molar-refractivity contribution in [1.82, 2.24) is 10.2 Å². The summed E-state index contributed by atoms with van der Waals surface area (Å²) in [6.07, 6.45) is 1.14. The first-order valence-corrected chi connectivity index (χ1v) is 9.17. The second-order valence-corrected chi connectivity index (χ2v) is 6.55. The average molecular weight is 511 g/mol. The smallest absolute Gasteiger partial charge is 0.409 e. The number of hydrogen-bond acceptors (Lipinski definition) is 4. The summed E-state index contributed by atoms with van der Waals surface area (Å²) < 4.78 is 10.5. The number of ether oxygens (including phenoxy) is 2. The van der Waals surface area contributed by atoms with Gasteiger partial charge in [-0.25, -0.2) is 4.79 Å². The number of benzene rings is 1. The molecule has 1 fully saturated rings. The summed E-state index contributed by atoms with van der Waals surface area (Å²) in [5.41, 5.74) is 6.97. The Labute approximate surface area is 182 Å². The molecule has 152 valence electrons. The Bertz CT molecular complexity index is 624. The zero-order chi connectivity index (χ0) is 18.9. The molecule has 1 aromatic carbocycles. The van der Waals surface area contributed by atoms with Crippen molar-refractivity contribution in [3.05, 3.63) is 34.9 Å². The largest absolute Gasteiger partial charge is 0.450 e. The predicted octanol–water partition coefficient (Wildman–Crippen LogP) is 3.17. The number of carbonyl (C=O) groups is 1. The van der Waals surface area contributed by atoms with Crippen LogP contribution in [0.3, 0.4) is 0 Å². The van der Waals surface area contributed by atoms with Gasteiger partial charge in [-0.1, -0.05) is 23.7 Å². The highest BCUT2D eigenvalue weighted by molar-refractivity contribution is 14.0. The lowest BCUT2D eigenvalue weighted by Gasteiger charge is -2.31. The third-order valence-corrected chi connectivity index (χ3v) is 4.54. The van der Waals surface area contributed by atoms with Crippen LogP contribution in [0.2, 0.25) is 5.02 Å². The molecule has 0 aromatic heterocycles. The van der Waals surface area contributed by atoms with Crippen molar-refractivity contribution < 1.29 is 14.3 Å². The minimum absolute atomic E-state index is 0. The fraction of sp³-hybridized carbons (Fsp3) is 0.556. The molecule has 1 atom stereocenters. The second kappa shape index (κ2) is 12.2. The first kappa shape index (κ1) is 23.8. The van der Waals surface area contributed by atoms with Gasteiger partial charge in [-0.15, -0.1) is 24.0 Å². The molecule has 1 unspecified atom stereocenters. The topological polar surface area (TPSA) is 89.2 Å². The molecule has 1 aliphatic heterocycles. The summed E-state index contributed by atoms with van der Waals surface area (Å²) in [5.74, 6) is 0.378. The Hall–Kier alpha value is -1.26. The van der Waals surface area contributed by atoms with Gasteiger partial charge in [-0.05, 0) is 37.5 Å². The number of halogens is 2. The van der Waals surface area contributed by atoms with E-state index in [-0.39, 0.29) is 42.2 Å². The number of methoxy groups -OCH3 is 1. The van der Waals surface area contributed by atoms with Crippen molar-refractivity contribution in [3.8, 4) is 0 Å². The zero-order valence-electron chi connectivity index (χ0n) is 15.7. The number of amides is 1. The fourth-order valence-corrected chi connectivity index (χ4v) is 3.08. The number of guanidine groups is 1. The van der Waals surface area contributed by atoms with Gasteiger partial charge >= 0.3 is 6.09 Å². The van der Waals surface area contributed by atoms with Crippen LogP contribution in [0.25, 0.3) is 0 Å². The minimum atomic E-state index is -0.253. The number of piperidine rings is 1. The Morgan fingerprint density at radius 2 is 2.15 bits per heavy atom. The summed E-state index contributed by atoms with van der Waals surface area (Å²) in [7, 11) is 1.63. The standard InChI is InChI=1S/C18H27ClN4O3.HI/c1-3-26-18(24)23-9-7-15(8-10-23)22-17(20)21-12-16(25-2)13-5-4-6-14(19)11-13;/h4-6,11,15-16H,3,7-10,12H2,1-2H3,(H3,20,21,22);1H. The van der Waals surface area contributed by atoms with Crippen molar-refractivity contribution >= 4 is 47.6 Å². The van der Waals surface area contributed by atoms with Crippen LogP contribution in [-0.2, 0) is 9.47 Å². The highest BCUT2D eigenvalue weighted by Gasteiger charge is 2.23. The second-order valence-electron chi connectivity index (χ2n) is 6.11. The molecule has 27 heavy (non-hydrogen) atoms. The van der Waals surface area contributed by atoms with Gasteiger partial charge in [0.1, 0.15) is 6.10 Å². The van der Waals surface area contributed by atoms with Gasteiger partial charge in [0, 0.05) is 31.3 Å². The molecular formula is C18H28ClIN4O3. The quantitative estimate of drug-likeness (QED) is 0.349. The molecule has 0 radical (unpaired) electrons. The highest BCUT2D eigenvalue weighted by Crippen LogP contribution is 2.20. The molecule has 1 amide bonds. The molecule has 2 rings (SSSR count). The SMILES string of the molecule is CCOC(=O)N1CCC(NC(N)=NCC(OC)c2cccc(Cl)c2)CC1.I. The minimum Gasteiger partial charge on any atom is -0.450 e. The van der Waals surface area contributed by atoms with Crippen LogP contribution < -0.4 is 11.1 Å². The van der Waals surface area contributed by atoms with E-state index in [1.54, 1.807) is 18.9 Å². The van der Waals surface area contributed by atoms with Gasteiger partial charge in [0.05, 0.1) is 13.2 Å². The van der Waals surface area contributed by atoms with E-state index in [4.69, 9.17) is 26.8 Å². The van der Waals surface area contributed by atoms with Gasteiger partial charge < -0.3 is 25.4 Å². The van der Waals surface area contributed by atoms with Crippen molar-refractivity contribution in [3.63, 3.8) is 0 Å². The lowest BCUT2D eigenvalue weighted by molar-refractivity contribution is 0.0962. The maximum absolute atomic E-state index is 11.7. The first-order valence-electron chi connectivity index (χ1n) is 8.79. The molecule has 7 nitrogen and oxygen atoms in total. The van der Waals surface area contributed by atoms with Gasteiger partial charge in [0.15, 0.2) is 5.96 Å². The highest BCUT2D eigenvalue weighted by atomic mass is 127. The maximum Gasteiger partial charge on any atom is 0.409 e. The molecule has 9 heteroatoms. The van der Waals surface area contributed by atoms with Crippen molar-refractivity contribution in [1.29, 1.82) is 0 Å². The van der Waals surface area contributed by atoms with Gasteiger partial charge in [-0.2, -0.15) is 0 Å². The van der Waals surface area contributed by atoms with Crippen LogP contribution >= 0.6 is 35.6 Å². The van der Waals surface area contributed by atoms with E-state index in [0.717, 1.165) is 18.4 Å². The Kier molecular flexibility index (Phi) is 10.8. The van der Waals surface area contributed by atoms with Crippen LogP contribution in [-0.4, -0.2) is 56.3 Å². The molecule has 1 heterocycles. The van der Waals surface area contributed by atoms with E-state index in [0.29, 0.717) is 37.2 Å². The van der Waals surface area contributed by atoms with Crippen molar-refractivity contribution in [2.75, 3.05) is 33.4 Å². The van der Waals surface area contributed by atoms with E-state index in [2.05, 4.69) is 10.3 Å². The van der Waals surface area contributed by atoms with E-state index in [9.17, 15) is 4.79 Å². The third-order valence-electron chi connectivity index (χ3n) is 4.31. The maximum atomic E-state index is 11.7. The average Bonchev–Trinajstić information content (AvgIpc) is 2.63. The van der Waals surface area contributed by atoms with Crippen LogP contribution in [0.1, 0.15) is 31.4 Å². The molecule has 1 saturated heterocycles. The molecule has 0 aliphatic carbocycles. The van der Waals surface area contributed by atoms with Crippen LogP contribution in [0.4, 0.5) is 4.79 Å². The summed E-state index contributed by atoms with van der Waals surface area (Å²) in [5, 5.41) is 3.88. The number of rotatable bonds is 6. The summed E-state index contributed by atoms with van der Waals surface area (Å²) in [6, 6.07) is 7.70. The summed E-state index contributed by atoms with van der Waals surface area (Å²) in [6.45, 7) is 3.89. The Morgan fingerprint density at radius 3 is 2.74 bits per heavy atom. The molecular weight excluding hydrogens is 483 g/mol. The van der Waals surface area contributed by atoms with Crippen molar-refractivity contribution in [2.24, 2.45) is 10.7 Å². The monoisotopic (exact) mass is 510 g/mol. The van der Waals surface area contributed by atoms with E-state index in [1.807, 2.05) is 24.3 Å². The van der Waals surface area contributed by atoms with Crippen LogP contribution in [0.15, 0.2) is 29.3 Å². The molecule has 0 saturated carbocycles. The van der Waals surface area contributed by atoms with E-state index in [1.165, 1.54) is 0 Å². The van der Waals surface area contributed by atoms with Crippen LogP contribution in [0, 0.1) is 0 Å². The zero-order valence-corrected chi connectivity index (χ0v) is 18.8. The normalized spacial score (nSPS) is 16.4. The number of nitrogens with one attached hydrogen (secondary N) is 1. The van der Waals surface area contributed by atoms with E-state index >= 15 is 0 Å². The van der Waals surface area contributed by atoms with Gasteiger partial charge in [0.25, 0.3) is 0 Å². The van der Waals surface area contributed by atoms with Gasteiger partial charge in [0.2, 0.25) is 0 Å². The molecule has 1 aromatic rings. The number of aliphatic imine (C=N–C) groups is 1. The number of nitrogens with zero attached hydrogens (tertiary/aromatic N) is 2. The molecule has 3 N–H and O–H groups in total. The van der Waals surface area contributed by atoms with Crippen molar-refractivity contribution in [2.45, 2.75) is 31.9 Å². The number of likely N-dealkylation sites (tertiary alicyclic amines) is 1. The van der Waals surface area contributed by atoms with Gasteiger partial charge in [-0.3, -0.25) is 4.99 Å². The molecule has 1 aliphatic rings. The lowest BCUT2D eigenvalue weighted by Crippen LogP contribution is -2.48. The van der Waals surface area contributed by atoms with Crippen LogP contribution in [0.5, 0.6) is 0 Å². The summed E-state index contributed by atoms with van der Waals surface area (Å²) in [4.78, 5) is 17.8. The summed E-state index contributed by atoms with van der Waals surface area (Å²) >= 11 is 6.03. The third kappa shape index (κ3) is 7.71. The fourth-order valence-electron chi connectivity index (χ4n) is 2.88. The predicted molar refractivity (Wildman–Crippen MR) is 118 cm³/mol. The first-order chi connectivity index (χ1) is 12.5. The lowest BCUT2D eigenvalue weighted by atomic mass is 10.1. The molecule has 0 bridgehead atoms. The van der Waals surface area contributed by atoms with E-state index < -0.39 is 0 Å². The number of carbonyl (C=O) groups excluding carboxylic acids is 1. The number of hydrogen-bond donors (Lipinski definition) is 2. The number of nitrogens with two attached hydrogens (primary N) is 1.